The van der Waals surface area contributed by atoms with Gasteiger partial charge in [0.15, 0.2) is 0 Å². The second kappa shape index (κ2) is 6.47. The third-order valence-electron chi connectivity index (χ3n) is 5.21. The molecule has 0 radical (unpaired) electrons. The van der Waals surface area contributed by atoms with E-state index in [1.165, 1.54) is 31.4 Å². The molecule has 0 heterocycles. The summed E-state index contributed by atoms with van der Waals surface area (Å²) in [6, 6.07) is 6.85. The molecule has 21 heavy (non-hydrogen) atoms. The Kier molecular flexibility index (Phi) is 4.88. The van der Waals surface area contributed by atoms with E-state index in [4.69, 9.17) is 5.26 Å². The maximum atomic E-state index is 13.2. The van der Waals surface area contributed by atoms with Crippen molar-refractivity contribution in [2.45, 2.75) is 58.9 Å². The van der Waals surface area contributed by atoms with E-state index in [0.29, 0.717) is 17.0 Å². The van der Waals surface area contributed by atoms with Gasteiger partial charge in [-0.1, -0.05) is 27.2 Å². The van der Waals surface area contributed by atoms with Crippen LogP contribution in [0.15, 0.2) is 18.2 Å². The van der Waals surface area contributed by atoms with E-state index < -0.39 is 0 Å². The summed E-state index contributed by atoms with van der Waals surface area (Å²) in [5.41, 5.74) is 1.57. The van der Waals surface area contributed by atoms with Crippen molar-refractivity contribution in [2.75, 3.05) is 5.32 Å². The van der Waals surface area contributed by atoms with Gasteiger partial charge < -0.3 is 5.32 Å². The molecule has 0 aliphatic heterocycles. The summed E-state index contributed by atoms with van der Waals surface area (Å²) in [7, 11) is 0. The molecule has 1 aliphatic carbocycles. The number of anilines is 1. The summed E-state index contributed by atoms with van der Waals surface area (Å²) in [4.78, 5) is 0. The van der Waals surface area contributed by atoms with Gasteiger partial charge in [-0.15, -0.1) is 0 Å². The molecule has 0 amide bonds. The fourth-order valence-electron chi connectivity index (χ4n) is 3.26. The molecule has 1 aromatic carbocycles. The van der Waals surface area contributed by atoms with E-state index in [2.05, 4.69) is 32.2 Å². The first-order valence-corrected chi connectivity index (χ1v) is 7.92. The minimum Gasteiger partial charge on any atom is -0.381 e. The van der Waals surface area contributed by atoms with Crippen molar-refractivity contribution in [3.63, 3.8) is 0 Å². The predicted molar refractivity (Wildman–Crippen MR) is 84.6 cm³/mol. The minimum atomic E-state index is -0.356. The molecule has 0 saturated heterocycles. The van der Waals surface area contributed by atoms with Crippen LogP contribution in [0.3, 0.4) is 0 Å². The SMILES string of the molecule is CCC(C)(C)C1CCC(Nc2ccc(F)cc2C#N)CC1. The highest BCUT2D eigenvalue weighted by Gasteiger charge is 2.31. The molecule has 0 unspecified atom stereocenters. The maximum absolute atomic E-state index is 13.2. The van der Waals surface area contributed by atoms with Crippen molar-refractivity contribution >= 4 is 5.69 Å². The Bertz CT molecular complexity index is 523. The highest BCUT2D eigenvalue weighted by Crippen LogP contribution is 2.41. The van der Waals surface area contributed by atoms with E-state index >= 15 is 0 Å². The molecule has 2 nitrogen and oxygen atoms in total. The Labute approximate surface area is 127 Å². The Morgan fingerprint density at radius 2 is 1.95 bits per heavy atom. The lowest BCUT2D eigenvalue weighted by molar-refractivity contribution is 0.147. The summed E-state index contributed by atoms with van der Waals surface area (Å²) in [6.45, 7) is 6.99. The molecule has 1 aromatic rings. The monoisotopic (exact) mass is 288 g/mol. The number of nitrogens with zero attached hydrogens (tertiary/aromatic N) is 1. The van der Waals surface area contributed by atoms with Crippen LogP contribution in [-0.4, -0.2) is 6.04 Å². The fraction of sp³-hybridized carbons (Fsp3) is 0.611. The van der Waals surface area contributed by atoms with Gasteiger partial charge in [-0.3, -0.25) is 0 Å². The van der Waals surface area contributed by atoms with E-state index in [1.807, 2.05) is 0 Å². The zero-order chi connectivity index (χ0) is 15.5. The van der Waals surface area contributed by atoms with E-state index in [1.54, 1.807) is 6.07 Å². The first kappa shape index (κ1) is 15.8. The molecule has 0 atom stereocenters. The van der Waals surface area contributed by atoms with E-state index in [9.17, 15) is 4.39 Å². The van der Waals surface area contributed by atoms with Crippen molar-refractivity contribution in [1.82, 2.24) is 0 Å². The molecular formula is C18H25FN2. The predicted octanol–water partition coefficient (Wildman–Crippen LogP) is 5.10. The number of rotatable bonds is 4. The number of hydrogen-bond donors (Lipinski definition) is 1. The molecule has 0 bridgehead atoms. The first-order chi connectivity index (χ1) is 9.96. The van der Waals surface area contributed by atoms with Crippen LogP contribution in [0.4, 0.5) is 10.1 Å². The van der Waals surface area contributed by atoms with Gasteiger partial charge >= 0.3 is 0 Å². The normalized spacial score (nSPS) is 22.6. The van der Waals surface area contributed by atoms with Crippen LogP contribution in [-0.2, 0) is 0 Å². The Hall–Kier alpha value is -1.56. The van der Waals surface area contributed by atoms with Gasteiger partial charge in [0.2, 0.25) is 0 Å². The molecule has 114 valence electrons. The molecular weight excluding hydrogens is 263 g/mol. The van der Waals surface area contributed by atoms with Crippen LogP contribution in [0, 0.1) is 28.5 Å². The Morgan fingerprint density at radius 1 is 1.29 bits per heavy atom. The molecule has 0 spiro atoms. The summed E-state index contributed by atoms with van der Waals surface area (Å²) in [5.74, 6) is 0.426. The summed E-state index contributed by atoms with van der Waals surface area (Å²) < 4.78 is 13.2. The van der Waals surface area contributed by atoms with Crippen molar-refractivity contribution in [1.29, 1.82) is 5.26 Å². The largest absolute Gasteiger partial charge is 0.381 e. The second-order valence-electron chi connectivity index (χ2n) is 6.84. The average Bonchev–Trinajstić information content (AvgIpc) is 2.49. The van der Waals surface area contributed by atoms with Crippen molar-refractivity contribution in [3.8, 4) is 6.07 Å². The zero-order valence-corrected chi connectivity index (χ0v) is 13.2. The van der Waals surface area contributed by atoms with Crippen LogP contribution < -0.4 is 5.32 Å². The number of nitrogens with one attached hydrogen (secondary N) is 1. The van der Waals surface area contributed by atoms with Crippen LogP contribution in [0.5, 0.6) is 0 Å². The van der Waals surface area contributed by atoms with Gasteiger partial charge in [0, 0.05) is 6.04 Å². The van der Waals surface area contributed by atoms with Crippen LogP contribution in [0.1, 0.15) is 58.4 Å². The smallest absolute Gasteiger partial charge is 0.124 e. The standard InChI is InChI=1S/C18H25FN2/c1-4-18(2,3)14-5-8-16(9-6-14)21-17-10-7-15(19)11-13(17)12-20/h7,10-11,14,16,21H,4-6,8-9H2,1-3H3. The molecule has 3 heteroatoms. The van der Waals surface area contributed by atoms with Crippen molar-refractivity contribution in [3.05, 3.63) is 29.6 Å². The Morgan fingerprint density at radius 3 is 2.52 bits per heavy atom. The third-order valence-corrected chi connectivity index (χ3v) is 5.21. The lowest BCUT2D eigenvalue weighted by atomic mass is 9.69. The molecule has 2 rings (SSSR count). The minimum absolute atomic E-state index is 0.356. The van der Waals surface area contributed by atoms with Gasteiger partial charge in [-0.2, -0.15) is 5.26 Å². The molecule has 1 fully saturated rings. The van der Waals surface area contributed by atoms with E-state index in [-0.39, 0.29) is 5.82 Å². The number of nitriles is 1. The molecule has 1 N–H and O–H groups in total. The maximum Gasteiger partial charge on any atom is 0.124 e. The average molecular weight is 288 g/mol. The lowest BCUT2D eigenvalue weighted by Crippen LogP contribution is -2.32. The van der Waals surface area contributed by atoms with Gasteiger partial charge in [0.05, 0.1) is 11.3 Å². The van der Waals surface area contributed by atoms with Crippen molar-refractivity contribution < 1.29 is 4.39 Å². The molecule has 1 saturated carbocycles. The highest BCUT2D eigenvalue weighted by molar-refractivity contribution is 5.57. The van der Waals surface area contributed by atoms with Crippen LogP contribution >= 0.6 is 0 Å². The first-order valence-electron chi connectivity index (χ1n) is 7.92. The highest BCUT2D eigenvalue weighted by atomic mass is 19.1. The zero-order valence-electron chi connectivity index (χ0n) is 13.2. The van der Waals surface area contributed by atoms with Gasteiger partial charge in [0.25, 0.3) is 0 Å². The molecule has 0 aromatic heterocycles. The van der Waals surface area contributed by atoms with Gasteiger partial charge in [-0.25, -0.2) is 4.39 Å². The molecule has 1 aliphatic rings. The lowest BCUT2D eigenvalue weighted by Gasteiger charge is -2.39. The van der Waals surface area contributed by atoms with Crippen molar-refractivity contribution in [2.24, 2.45) is 11.3 Å². The number of hydrogen-bond acceptors (Lipinski definition) is 2. The summed E-state index contributed by atoms with van der Waals surface area (Å²) in [6.07, 6.45) is 5.90. The van der Waals surface area contributed by atoms with Crippen LogP contribution in [0.25, 0.3) is 0 Å². The van der Waals surface area contributed by atoms with Crippen LogP contribution in [0.2, 0.25) is 0 Å². The summed E-state index contributed by atoms with van der Waals surface area (Å²) >= 11 is 0. The number of benzene rings is 1. The topological polar surface area (TPSA) is 35.8 Å². The summed E-state index contributed by atoms with van der Waals surface area (Å²) in [5, 5.41) is 12.5. The second-order valence-corrected chi connectivity index (χ2v) is 6.84. The quantitative estimate of drug-likeness (QED) is 0.836. The van der Waals surface area contributed by atoms with Gasteiger partial charge in [-0.05, 0) is 55.2 Å². The fourth-order valence-corrected chi connectivity index (χ4v) is 3.26. The third kappa shape index (κ3) is 3.75. The number of halogens is 1. The van der Waals surface area contributed by atoms with E-state index in [0.717, 1.165) is 24.4 Å². The Balaban J connectivity index is 1.97. The van der Waals surface area contributed by atoms with Gasteiger partial charge in [0.1, 0.15) is 11.9 Å².